The zero-order valence-corrected chi connectivity index (χ0v) is 12.7. The summed E-state index contributed by atoms with van der Waals surface area (Å²) in [6, 6.07) is 5.15. The number of aromatic nitrogens is 3. The maximum Gasteiger partial charge on any atom is 0.296 e. The molecule has 1 heterocycles. The van der Waals surface area contributed by atoms with Crippen molar-refractivity contribution in [3.8, 4) is 5.69 Å². The molecule has 1 aromatic heterocycles. The molecule has 0 radical (unpaired) electrons. The van der Waals surface area contributed by atoms with Crippen LogP contribution in [-0.4, -0.2) is 26.0 Å². The highest BCUT2D eigenvalue weighted by Gasteiger charge is 2.17. The second-order valence-electron chi connectivity index (χ2n) is 4.58. The summed E-state index contributed by atoms with van der Waals surface area (Å²) < 4.78 is 2.07. The van der Waals surface area contributed by atoms with Gasteiger partial charge in [0.1, 0.15) is 5.69 Å². The lowest BCUT2D eigenvalue weighted by Gasteiger charge is -2.04. The highest BCUT2D eigenvalue weighted by atomic mass is 79.9. The van der Waals surface area contributed by atoms with Crippen LogP contribution in [0.5, 0.6) is 0 Å². The van der Waals surface area contributed by atoms with Crippen molar-refractivity contribution in [3.05, 3.63) is 44.7 Å². The average Bonchev–Trinajstić information content (AvgIpc) is 2.84. The van der Waals surface area contributed by atoms with Gasteiger partial charge in [-0.1, -0.05) is 35.0 Å². The summed E-state index contributed by atoms with van der Waals surface area (Å²) in [5.41, 5.74) is 1.10. The molecule has 0 aliphatic heterocycles. The fraction of sp³-hybridized carbons (Fsp3) is 0.333. The third kappa shape index (κ3) is 3.40. The van der Waals surface area contributed by atoms with Crippen molar-refractivity contribution in [1.82, 2.24) is 20.3 Å². The molecule has 0 saturated carbocycles. The Morgan fingerprint density at radius 3 is 2.90 bits per heavy atom. The van der Waals surface area contributed by atoms with E-state index in [9.17, 15) is 10.1 Å². The number of benzene rings is 1. The first kappa shape index (κ1) is 14.6. The third-order valence-corrected chi connectivity index (χ3v) is 3.11. The van der Waals surface area contributed by atoms with E-state index in [1.54, 1.807) is 18.3 Å². The smallest absolute Gasteiger partial charge is 0.296 e. The number of halogens is 1. The molecule has 1 aromatic carbocycles. The standard InChI is InChI=1S/C12H14BrN5O2/c1-8(2)14-6-10-7-17(16-15-10)11-4-3-9(13)5-12(11)18(19)20/h3-5,7-8,14H,6H2,1-2H3. The number of nitrogens with zero attached hydrogens (tertiary/aromatic N) is 4. The molecular formula is C12H14BrN5O2. The fourth-order valence-corrected chi connectivity index (χ4v) is 1.99. The molecular weight excluding hydrogens is 326 g/mol. The summed E-state index contributed by atoms with van der Waals surface area (Å²) in [6.45, 7) is 4.63. The molecule has 1 N–H and O–H groups in total. The van der Waals surface area contributed by atoms with Crippen molar-refractivity contribution >= 4 is 21.6 Å². The van der Waals surface area contributed by atoms with Crippen LogP contribution in [0.15, 0.2) is 28.9 Å². The second-order valence-corrected chi connectivity index (χ2v) is 5.50. The first-order chi connectivity index (χ1) is 9.47. The van der Waals surface area contributed by atoms with E-state index in [-0.39, 0.29) is 5.69 Å². The largest absolute Gasteiger partial charge is 0.309 e. The topological polar surface area (TPSA) is 85.9 Å². The van der Waals surface area contributed by atoms with Gasteiger partial charge in [0.25, 0.3) is 5.69 Å². The zero-order chi connectivity index (χ0) is 14.7. The van der Waals surface area contributed by atoms with Crippen LogP contribution in [0.3, 0.4) is 0 Å². The van der Waals surface area contributed by atoms with Crippen molar-refractivity contribution in [2.24, 2.45) is 0 Å². The van der Waals surface area contributed by atoms with Crippen LogP contribution in [0.2, 0.25) is 0 Å². The summed E-state index contributed by atoms with van der Waals surface area (Å²) in [7, 11) is 0. The van der Waals surface area contributed by atoms with Crippen LogP contribution in [0.25, 0.3) is 5.69 Å². The third-order valence-electron chi connectivity index (χ3n) is 2.61. The molecule has 0 aliphatic rings. The van der Waals surface area contributed by atoms with Gasteiger partial charge < -0.3 is 5.32 Å². The Kier molecular flexibility index (Phi) is 4.46. The van der Waals surface area contributed by atoms with E-state index in [4.69, 9.17) is 0 Å². The van der Waals surface area contributed by atoms with Gasteiger partial charge in [-0.15, -0.1) is 5.10 Å². The van der Waals surface area contributed by atoms with Crippen LogP contribution < -0.4 is 5.32 Å². The predicted molar refractivity (Wildman–Crippen MR) is 77.7 cm³/mol. The minimum atomic E-state index is -0.437. The minimum Gasteiger partial charge on any atom is -0.309 e. The lowest BCUT2D eigenvalue weighted by Crippen LogP contribution is -2.21. The molecule has 0 bridgehead atoms. The van der Waals surface area contributed by atoms with Crippen molar-refractivity contribution in [2.75, 3.05) is 0 Å². The summed E-state index contributed by atoms with van der Waals surface area (Å²) >= 11 is 3.22. The molecule has 2 aromatic rings. The van der Waals surface area contributed by atoms with Gasteiger partial charge in [-0.25, -0.2) is 4.68 Å². The van der Waals surface area contributed by atoms with E-state index in [2.05, 4.69) is 31.6 Å². The molecule has 0 saturated heterocycles. The first-order valence-corrected chi connectivity index (χ1v) is 6.85. The van der Waals surface area contributed by atoms with Gasteiger partial charge >= 0.3 is 0 Å². The molecule has 106 valence electrons. The van der Waals surface area contributed by atoms with E-state index < -0.39 is 4.92 Å². The van der Waals surface area contributed by atoms with E-state index in [1.165, 1.54) is 10.7 Å². The Hall–Kier alpha value is -1.80. The molecule has 7 nitrogen and oxygen atoms in total. The van der Waals surface area contributed by atoms with Gasteiger partial charge in [-0.05, 0) is 12.1 Å². The highest BCUT2D eigenvalue weighted by molar-refractivity contribution is 9.10. The Balaban J connectivity index is 2.30. The first-order valence-electron chi connectivity index (χ1n) is 6.06. The van der Waals surface area contributed by atoms with Crippen LogP contribution in [-0.2, 0) is 6.54 Å². The number of rotatable bonds is 5. The monoisotopic (exact) mass is 339 g/mol. The molecule has 0 atom stereocenters. The number of nitrogens with one attached hydrogen (secondary N) is 1. The van der Waals surface area contributed by atoms with Gasteiger partial charge in [0, 0.05) is 23.1 Å². The van der Waals surface area contributed by atoms with Gasteiger partial charge in [0.2, 0.25) is 0 Å². The van der Waals surface area contributed by atoms with Crippen LogP contribution in [0, 0.1) is 10.1 Å². The molecule has 0 amide bonds. The maximum absolute atomic E-state index is 11.1. The second kappa shape index (κ2) is 6.10. The van der Waals surface area contributed by atoms with Crippen molar-refractivity contribution in [1.29, 1.82) is 0 Å². The quantitative estimate of drug-likeness (QED) is 0.667. The highest BCUT2D eigenvalue weighted by Crippen LogP contribution is 2.26. The fourth-order valence-electron chi connectivity index (χ4n) is 1.64. The van der Waals surface area contributed by atoms with Crippen molar-refractivity contribution in [3.63, 3.8) is 0 Å². The molecule has 8 heteroatoms. The van der Waals surface area contributed by atoms with Gasteiger partial charge in [-0.3, -0.25) is 10.1 Å². The van der Waals surface area contributed by atoms with Gasteiger partial charge in [0.05, 0.1) is 16.8 Å². The summed E-state index contributed by atoms with van der Waals surface area (Å²) in [4.78, 5) is 10.6. The Morgan fingerprint density at radius 2 is 2.25 bits per heavy atom. The van der Waals surface area contributed by atoms with E-state index in [1.807, 2.05) is 13.8 Å². The molecule has 20 heavy (non-hydrogen) atoms. The van der Waals surface area contributed by atoms with Crippen LogP contribution in [0.4, 0.5) is 5.69 Å². The summed E-state index contributed by atoms with van der Waals surface area (Å²) in [5, 5.41) is 22.2. The number of hydrogen-bond acceptors (Lipinski definition) is 5. The summed E-state index contributed by atoms with van der Waals surface area (Å²) in [6.07, 6.45) is 1.69. The number of hydrogen-bond donors (Lipinski definition) is 1. The maximum atomic E-state index is 11.1. The summed E-state index contributed by atoms with van der Waals surface area (Å²) in [5.74, 6) is 0. The Morgan fingerprint density at radius 1 is 1.50 bits per heavy atom. The minimum absolute atomic E-state index is 0.0207. The van der Waals surface area contributed by atoms with Crippen molar-refractivity contribution in [2.45, 2.75) is 26.4 Å². The Labute approximate surface area is 124 Å². The average molecular weight is 340 g/mol. The molecule has 0 fully saturated rings. The molecule has 0 spiro atoms. The number of nitro benzene ring substituents is 1. The van der Waals surface area contributed by atoms with Gasteiger partial charge in [0.15, 0.2) is 0 Å². The van der Waals surface area contributed by atoms with Crippen LogP contribution >= 0.6 is 15.9 Å². The van der Waals surface area contributed by atoms with Crippen LogP contribution in [0.1, 0.15) is 19.5 Å². The zero-order valence-electron chi connectivity index (χ0n) is 11.1. The SMILES string of the molecule is CC(C)NCc1cn(-c2ccc(Br)cc2[N+](=O)[O-])nn1. The van der Waals surface area contributed by atoms with E-state index in [0.29, 0.717) is 22.7 Å². The molecule has 2 rings (SSSR count). The van der Waals surface area contributed by atoms with Crippen molar-refractivity contribution < 1.29 is 4.92 Å². The predicted octanol–water partition coefficient (Wildman–Crippen LogP) is 2.44. The lowest BCUT2D eigenvalue weighted by atomic mass is 10.2. The lowest BCUT2D eigenvalue weighted by molar-refractivity contribution is -0.384. The van der Waals surface area contributed by atoms with E-state index in [0.717, 1.165) is 5.69 Å². The number of nitro groups is 1. The van der Waals surface area contributed by atoms with Gasteiger partial charge in [-0.2, -0.15) is 0 Å². The van der Waals surface area contributed by atoms with E-state index >= 15 is 0 Å². The Bertz CT molecular complexity index is 626. The molecule has 0 aliphatic carbocycles. The molecule has 0 unspecified atom stereocenters. The normalized spacial score (nSPS) is 11.0.